The summed E-state index contributed by atoms with van der Waals surface area (Å²) in [4.78, 5) is 12.6. The SMILES string of the molecule is COc1ccc(Cl)cc1N(CC(=O)N/N=C\c1cc(C)n(-c2ccccc2C)c1C)S(C)(=O)=O. The van der Waals surface area contributed by atoms with Crippen LogP contribution in [0.1, 0.15) is 22.5 Å². The van der Waals surface area contributed by atoms with E-state index < -0.39 is 22.5 Å². The smallest absolute Gasteiger partial charge is 0.260 e. The summed E-state index contributed by atoms with van der Waals surface area (Å²) in [5.74, 6) is -0.341. The number of benzene rings is 2. The van der Waals surface area contributed by atoms with Crippen molar-refractivity contribution in [2.75, 3.05) is 24.2 Å². The lowest BCUT2D eigenvalue weighted by Crippen LogP contribution is -2.39. The Morgan fingerprint density at radius 3 is 2.53 bits per heavy atom. The number of methoxy groups -OCH3 is 1. The molecular formula is C24H27ClN4O4S. The number of rotatable bonds is 8. The highest BCUT2D eigenvalue weighted by Gasteiger charge is 2.24. The second kappa shape index (κ2) is 10.3. The van der Waals surface area contributed by atoms with E-state index in [1.54, 1.807) is 12.3 Å². The molecule has 3 aromatic rings. The molecule has 0 bridgehead atoms. The van der Waals surface area contributed by atoms with E-state index >= 15 is 0 Å². The zero-order chi connectivity index (χ0) is 25.0. The number of hydrogen-bond acceptors (Lipinski definition) is 5. The lowest BCUT2D eigenvalue weighted by molar-refractivity contribution is -0.119. The molecular weight excluding hydrogens is 476 g/mol. The molecule has 0 aliphatic rings. The van der Waals surface area contributed by atoms with E-state index in [2.05, 4.69) is 15.1 Å². The van der Waals surface area contributed by atoms with Crippen LogP contribution in [0.15, 0.2) is 53.6 Å². The molecule has 10 heteroatoms. The molecule has 8 nitrogen and oxygen atoms in total. The van der Waals surface area contributed by atoms with Crippen molar-refractivity contribution < 1.29 is 17.9 Å². The summed E-state index contributed by atoms with van der Waals surface area (Å²) in [6.45, 7) is 5.52. The zero-order valence-electron chi connectivity index (χ0n) is 19.7. The average molecular weight is 503 g/mol. The van der Waals surface area contributed by atoms with Crippen molar-refractivity contribution in [3.8, 4) is 11.4 Å². The molecule has 0 aliphatic carbocycles. The number of sulfonamides is 1. The van der Waals surface area contributed by atoms with Crippen molar-refractivity contribution in [1.82, 2.24) is 9.99 Å². The molecule has 180 valence electrons. The van der Waals surface area contributed by atoms with Crippen molar-refractivity contribution in [3.05, 3.63) is 76.1 Å². The number of halogens is 1. The molecule has 1 aromatic heterocycles. The van der Waals surface area contributed by atoms with Crippen molar-refractivity contribution >= 4 is 39.4 Å². The first-order valence-electron chi connectivity index (χ1n) is 10.4. The number of carbonyl (C=O) groups excluding carboxylic acids is 1. The topological polar surface area (TPSA) is 93.0 Å². The molecule has 0 atom stereocenters. The minimum atomic E-state index is -3.80. The van der Waals surface area contributed by atoms with Crippen LogP contribution >= 0.6 is 11.6 Å². The molecule has 2 aromatic carbocycles. The number of hydrogen-bond donors (Lipinski definition) is 1. The number of ether oxygens (including phenoxy) is 1. The molecule has 3 rings (SSSR count). The molecule has 34 heavy (non-hydrogen) atoms. The lowest BCUT2D eigenvalue weighted by atomic mass is 10.2. The number of aryl methyl sites for hydroxylation is 2. The fraction of sp³-hybridized carbons (Fsp3) is 0.250. The lowest BCUT2D eigenvalue weighted by Gasteiger charge is -2.23. The Kier molecular flexibility index (Phi) is 7.68. The van der Waals surface area contributed by atoms with Gasteiger partial charge in [0.15, 0.2) is 0 Å². The molecule has 0 saturated heterocycles. The van der Waals surface area contributed by atoms with E-state index in [1.165, 1.54) is 19.2 Å². The van der Waals surface area contributed by atoms with E-state index in [0.717, 1.165) is 38.8 Å². The quantitative estimate of drug-likeness (QED) is 0.372. The van der Waals surface area contributed by atoms with Gasteiger partial charge in [-0.25, -0.2) is 13.8 Å². The first-order chi connectivity index (χ1) is 16.0. The van der Waals surface area contributed by atoms with Crippen LogP contribution in [0.5, 0.6) is 5.75 Å². The summed E-state index contributed by atoms with van der Waals surface area (Å²) >= 11 is 6.04. The number of nitrogens with zero attached hydrogens (tertiary/aromatic N) is 3. The Hall–Kier alpha value is -3.30. The van der Waals surface area contributed by atoms with E-state index in [-0.39, 0.29) is 11.4 Å². The first kappa shape index (κ1) is 25.3. The maximum absolute atomic E-state index is 12.6. The third kappa shape index (κ3) is 5.60. The fourth-order valence-electron chi connectivity index (χ4n) is 3.68. The molecule has 0 fully saturated rings. The highest BCUT2D eigenvalue weighted by Crippen LogP contribution is 2.32. The van der Waals surface area contributed by atoms with E-state index in [0.29, 0.717) is 5.02 Å². The summed E-state index contributed by atoms with van der Waals surface area (Å²) in [6.07, 6.45) is 2.55. The van der Waals surface area contributed by atoms with Crippen molar-refractivity contribution in [2.24, 2.45) is 5.10 Å². The Morgan fingerprint density at radius 2 is 1.88 bits per heavy atom. The minimum absolute atomic E-state index is 0.165. The van der Waals surface area contributed by atoms with Gasteiger partial charge in [0.05, 0.1) is 25.3 Å². The Morgan fingerprint density at radius 1 is 1.18 bits per heavy atom. The van der Waals surface area contributed by atoms with Gasteiger partial charge in [-0.2, -0.15) is 5.10 Å². The van der Waals surface area contributed by atoms with Gasteiger partial charge >= 0.3 is 0 Å². The van der Waals surface area contributed by atoms with E-state index in [9.17, 15) is 13.2 Å². The van der Waals surface area contributed by atoms with E-state index in [4.69, 9.17) is 16.3 Å². The molecule has 0 radical (unpaired) electrons. The van der Waals surface area contributed by atoms with Crippen LogP contribution < -0.4 is 14.5 Å². The number of para-hydroxylation sites is 1. The van der Waals surface area contributed by atoms with Crippen LogP contribution in [0, 0.1) is 20.8 Å². The third-order valence-corrected chi connectivity index (χ3v) is 6.68. The molecule has 0 saturated carbocycles. The maximum atomic E-state index is 12.6. The van der Waals surface area contributed by atoms with Gasteiger partial charge < -0.3 is 9.30 Å². The maximum Gasteiger partial charge on any atom is 0.260 e. The van der Waals surface area contributed by atoms with Crippen LogP contribution in [0.25, 0.3) is 5.69 Å². The summed E-state index contributed by atoms with van der Waals surface area (Å²) in [5.41, 5.74) is 7.60. The van der Waals surface area contributed by atoms with Crippen LogP contribution in [0.2, 0.25) is 5.02 Å². The number of anilines is 1. The second-order valence-electron chi connectivity index (χ2n) is 7.83. The predicted molar refractivity (Wildman–Crippen MR) is 136 cm³/mol. The number of hydrazone groups is 1. The van der Waals surface area contributed by atoms with Crippen LogP contribution in [-0.2, 0) is 14.8 Å². The molecule has 0 spiro atoms. The van der Waals surface area contributed by atoms with Gasteiger partial charge in [-0.3, -0.25) is 9.10 Å². The van der Waals surface area contributed by atoms with Gasteiger partial charge in [-0.05, 0) is 56.7 Å². The van der Waals surface area contributed by atoms with Crippen LogP contribution in [0.3, 0.4) is 0 Å². The monoisotopic (exact) mass is 502 g/mol. The number of carbonyl (C=O) groups is 1. The van der Waals surface area contributed by atoms with Crippen LogP contribution in [-0.4, -0.2) is 45.0 Å². The number of amides is 1. The zero-order valence-corrected chi connectivity index (χ0v) is 21.2. The summed E-state index contributed by atoms with van der Waals surface area (Å²) < 4.78 is 33.1. The molecule has 0 aliphatic heterocycles. The van der Waals surface area contributed by atoms with Crippen molar-refractivity contribution in [3.63, 3.8) is 0 Å². The standard InChI is InChI=1S/C24H27ClN4O4S/c1-16-8-6-7-9-21(16)29-17(2)12-19(18(29)3)14-26-27-24(30)15-28(34(5,31)32)22-13-20(25)10-11-23(22)33-4/h6-14H,15H2,1-5H3,(H,27,30)/b26-14-. The minimum Gasteiger partial charge on any atom is -0.495 e. The molecule has 1 heterocycles. The summed E-state index contributed by atoms with van der Waals surface area (Å²) in [6, 6.07) is 14.6. The predicted octanol–water partition coefficient (Wildman–Crippen LogP) is 3.98. The summed E-state index contributed by atoms with van der Waals surface area (Å²) in [5, 5.41) is 4.36. The Balaban J connectivity index is 1.79. The van der Waals surface area contributed by atoms with Gasteiger partial charge in [0, 0.05) is 27.7 Å². The van der Waals surface area contributed by atoms with Crippen molar-refractivity contribution in [1.29, 1.82) is 0 Å². The molecule has 0 unspecified atom stereocenters. The van der Waals surface area contributed by atoms with Gasteiger partial charge in [0.1, 0.15) is 12.3 Å². The van der Waals surface area contributed by atoms with Crippen molar-refractivity contribution in [2.45, 2.75) is 20.8 Å². The van der Waals surface area contributed by atoms with Gasteiger partial charge in [0.25, 0.3) is 5.91 Å². The van der Waals surface area contributed by atoms with Crippen LogP contribution in [0.4, 0.5) is 5.69 Å². The highest BCUT2D eigenvalue weighted by molar-refractivity contribution is 7.92. The molecule has 1 amide bonds. The van der Waals surface area contributed by atoms with E-state index in [1.807, 2.05) is 51.1 Å². The fourth-order valence-corrected chi connectivity index (χ4v) is 4.70. The first-order valence-corrected chi connectivity index (χ1v) is 12.6. The average Bonchev–Trinajstić information content (AvgIpc) is 3.04. The number of nitrogens with one attached hydrogen (secondary N) is 1. The Labute approximate surface area is 204 Å². The Bertz CT molecular complexity index is 1350. The highest BCUT2D eigenvalue weighted by atomic mass is 35.5. The second-order valence-corrected chi connectivity index (χ2v) is 10.2. The summed E-state index contributed by atoms with van der Waals surface area (Å²) in [7, 11) is -2.40. The normalized spacial score (nSPS) is 11.6. The largest absolute Gasteiger partial charge is 0.495 e. The molecule has 1 N–H and O–H groups in total. The number of aromatic nitrogens is 1. The third-order valence-electron chi connectivity index (χ3n) is 5.32. The van der Waals surface area contributed by atoms with Gasteiger partial charge in [0.2, 0.25) is 10.0 Å². The van der Waals surface area contributed by atoms with Gasteiger partial charge in [-0.1, -0.05) is 29.8 Å². The van der Waals surface area contributed by atoms with Gasteiger partial charge in [-0.15, -0.1) is 0 Å².